The Bertz CT molecular complexity index is 807. The molecular weight excluding hydrogens is 308 g/mol. The molecular formula is C13H11ClN6O2. The summed E-state index contributed by atoms with van der Waals surface area (Å²) in [5.41, 5.74) is 6.64. The van der Waals surface area contributed by atoms with Crippen molar-refractivity contribution < 1.29 is 9.26 Å². The third-order valence-corrected chi connectivity index (χ3v) is 2.95. The molecule has 0 saturated carbocycles. The summed E-state index contributed by atoms with van der Waals surface area (Å²) in [4.78, 5) is 16.2. The van der Waals surface area contributed by atoms with Crippen molar-refractivity contribution in [2.24, 2.45) is 0 Å². The van der Waals surface area contributed by atoms with Gasteiger partial charge in [0.25, 0.3) is 5.89 Å². The smallest absolute Gasteiger partial charge is 0.259 e. The largest absolute Gasteiger partial charge is 0.477 e. The van der Waals surface area contributed by atoms with Gasteiger partial charge in [0, 0.05) is 12.3 Å². The molecule has 0 aliphatic rings. The van der Waals surface area contributed by atoms with Gasteiger partial charge in [-0.3, -0.25) is 0 Å². The van der Waals surface area contributed by atoms with Gasteiger partial charge >= 0.3 is 0 Å². The van der Waals surface area contributed by atoms with Crippen molar-refractivity contribution >= 4 is 17.4 Å². The normalized spacial score (nSPS) is 10.6. The summed E-state index contributed by atoms with van der Waals surface area (Å²) < 4.78 is 10.5. The van der Waals surface area contributed by atoms with E-state index in [9.17, 15) is 0 Å². The molecule has 2 N–H and O–H groups in total. The minimum atomic E-state index is 0.268. The molecule has 0 aliphatic heterocycles. The van der Waals surface area contributed by atoms with Gasteiger partial charge in [-0.15, -0.1) is 0 Å². The van der Waals surface area contributed by atoms with Crippen LogP contribution in [0.3, 0.4) is 0 Å². The molecule has 112 valence electrons. The van der Waals surface area contributed by atoms with Crippen molar-refractivity contribution in [3.63, 3.8) is 0 Å². The van der Waals surface area contributed by atoms with E-state index in [1.807, 2.05) is 6.92 Å². The van der Waals surface area contributed by atoms with E-state index in [2.05, 4.69) is 25.1 Å². The van der Waals surface area contributed by atoms with Gasteiger partial charge in [-0.05, 0) is 13.0 Å². The molecule has 0 bridgehead atoms. The number of pyridine rings is 1. The molecule has 9 heteroatoms. The van der Waals surface area contributed by atoms with Crippen LogP contribution in [0.5, 0.6) is 5.88 Å². The van der Waals surface area contributed by atoms with Crippen LogP contribution in [-0.4, -0.2) is 31.7 Å². The molecule has 0 atom stereocenters. The van der Waals surface area contributed by atoms with E-state index >= 15 is 0 Å². The minimum absolute atomic E-state index is 0.268. The predicted octanol–water partition coefficient (Wildman–Crippen LogP) is 2.22. The number of nitrogen functional groups attached to an aromatic ring is 1. The summed E-state index contributed by atoms with van der Waals surface area (Å²) in [7, 11) is 0. The van der Waals surface area contributed by atoms with Crippen LogP contribution in [-0.2, 0) is 0 Å². The second kappa shape index (κ2) is 5.94. The van der Waals surface area contributed by atoms with Crippen LogP contribution in [0.15, 0.2) is 29.2 Å². The summed E-state index contributed by atoms with van der Waals surface area (Å²) >= 11 is 6.09. The summed E-state index contributed by atoms with van der Waals surface area (Å²) in [6, 6.07) is 3.20. The van der Waals surface area contributed by atoms with Gasteiger partial charge in [0.15, 0.2) is 0 Å². The average molecular weight is 319 g/mol. The van der Waals surface area contributed by atoms with Crippen LogP contribution >= 0.6 is 11.6 Å². The van der Waals surface area contributed by atoms with Gasteiger partial charge < -0.3 is 15.0 Å². The van der Waals surface area contributed by atoms with E-state index < -0.39 is 0 Å². The van der Waals surface area contributed by atoms with E-state index in [0.717, 1.165) is 0 Å². The van der Waals surface area contributed by atoms with Crippen LogP contribution in [0.1, 0.15) is 6.92 Å². The first-order chi connectivity index (χ1) is 10.7. The Morgan fingerprint density at radius 3 is 2.86 bits per heavy atom. The third-order valence-electron chi connectivity index (χ3n) is 2.68. The molecule has 3 aromatic heterocycles. The summed E-state index contributed by atoms with van der Waals surface area (Å²) in [5, 5.41) is 4.22. The maximum Gasteiger partial charge on any atom is 0.259 e. The highest BCUT2D eigenvalue weighted by atomic mass is 35.5. The second-order valence-corrected chi connectivity index (χ2v) is 4.60. The van der Waals surface area contributed by atoms with Gasteiger partial charge in [-0.25, -0.2) is 15.0 Å². The molecule has 8 nitrogen and oxygen atoms in total. The van der Waals surface area contributed by atoms with Crippen molar-refractivity contribution in [2.45, 2.75) is 6.92 Å². The summed E-state index contributed by atoms with van der Waals surface area (Å²) in [6.45, 7) is 2.33. The Morgan fingerprint density at radius 2 is 2.14 bits per heavy atom. The lowest BCUT2D eigenvalue weighted by Crippen LogP contribution is -1.95. The SMILES string of the molecule is CCOc1ncc(-c2nc(-c3cc(N)ncn3)no2)cc1Cl. The van der Waals surface area contributed by atoms with Crippen LogP contribution in [0.4, 0.5) is 5.82 Å². The van der Waals surface area contributed by atoms with Crippen molar-refractivity contribution in [1.29, 1.82) is 0 Å². The Kier molecular flexibility index (Phi) is 3.84. The number of nitrogens with zero attached hydrogens (tertiary/aromatic N) is 5. The van der Waals surface area contributed by atoms with Crippen molar-refractivity contribution in [2.75, 3.05) is 12.3 Å². The first-order valence-corrected chi connectivity index (χ1v) is 6.75. The third kappa shape index (κ3) is 2.82. The maximum absolute atomic E-state index is 6.09. The molecule has 0 unspecified atom stereocenters. The first-order valence-electron chi connectivity index (χ1n) is 6.37. The average Bonchev–Trinajstić information content (AvgIpc) is 2.99. The van der Waals surface area contributed by atoms with Gasteiger partial charge in [-0.1, -0.05) is 16.8 Å². The molecule has 0 aromatic carbocycles. The standard InChI is InChI=1S/C13H11ClN6O2/c1-2-21-13-8(14)3-7(5-16-13)12-19-11(20-22-12)9-4-10(15)18-6-17-9/h3-6H,2H2,1H3,(H2,15,17,18). The Morgan fingerprint density at radius 1 is 1.27 bits per heavy atom. The maximum atomic E-state index is 6.09. The minimum Gasteiger partial charge on any atom is -0.477 e. The number of hydrogen-bond donors (Lipinski definition) is 1. The van der Waals surface area contributed by atoms with Crippen LogP contribution < -0.4 is 10.5 Å². The number of halogens is 1. The first kappa shape index (κ1) is 14.2. The summed E-state index contributed by atoms with van der Waals surface area (Å²) in [6.07, 6.45) is 2.87. The zero-order valence-electron chi connectivity index (χ0n) is 11.5. The van der Waals surface area contributed by atoms with E-state index in [4.69, 9.17) is 26.6 Å². The van der Waals surface area contributed by atoms with Gasteiger partial charge in [0.05, 0.1) is 12.2 Å². The van der Waals surface area contributed by atoms with Crippen LogP contribution in [0, 0.1) is 0 Å². The zero-order valence-corrected chi connectivity index (χ0v) is 12.3. The lowest BCUT2D eigenvalue weighted by molar-refractivity contribution is 0.327. The number of aromatic nitrogens is 5. The fourth-order valence-electron chi connectivity index (χ4n) is 1.72. The Balaban J connectivity index is 1.92. The molecule has 0 fully saturated rings. The van der Waals surface area contributed by atoms with Gasteiger partial charge in [0.1, 0.15) is 22.9 Å². The Hall–Kier alpha value is -2.74. The number of rotatable bonds is 4. The molecule has 0 saturated heterocycles. The van der Waals surface area contributed by atoms with Crippen molar-refractivity contribution in [1.82, 2.24) is 25.1 Å². The molecule has 0 radical (unpaired) electrons. The molecule has 0 amide bonds. The van der Waals surface area contributed by atoms with Gasteiger partial charge in [0.2, 0.25) is 11.7 Å². The molecule has 0 spiro atoms. The number of nitrogens with two attached hydrogens (primary N) is 1. The summed E-state index contributed by atoms with van der Waals surface area (Å²) in [5.74, 6) is 1.25. The highest BCUT2D eigenvalue weighted by Gasteiger charge is 2.14. The highest BCUT2D eigenvalue weighted by Crippen LogP contribution is 2.28. The van der Waals surface area contributed by atoms with E-state index in [0.29, 0.717) is 40.4 Å². The molecule has 0 aliphatic carbocycles. The fraction of sp³-hybridized carbons (Fsp3) is 0.154. The van der Waals surface area contributed by atoms with Gasteiger partial charge in [-0.2, -0.15) is 4.98 Å². The molecule has 22 heavy (non-hydrogen) atoms. The second-order valence-electron chi connectivity index (χ2n) is 4.20. The van der Waals surface area contributed by atoms with Crippen molar-refractivity contribution in [3.05, 3.63) is 29.7 Å². The fourth-order valence-corrected chi connectivity index (χ4v) is 1.95. The number of ether oxygens (including phenoxy) is 1. The van der Waals surface area contributed by atoms with Crippen molar-refractivity contribution in [3.8, 4) is 28.9 Å². The van der Waals surface area contributed by atoms with E-state index in [-0.39, 0.29) is 5.89 Å². The molecule has 3 rings (SSSR count). The number of hydrogen-bond acceptors (Lipinski definition) is 8. The highest BCUT2D eigenvalue weighted by molar-refractivity contribution is 6.32. The van der Waals surface area contributed by atoms with Crippen LogP contribution in [0.2, 0.25) is 5.02 Å². The lowest BCUT2D eigenvalue weighted by atomic mass is 10.3. The number of anilines is 1. The Labute approximate surface area is 130 Å². The molecule has 3 heterocycles. The van der Waals surface area contributed by atoms with E-state index in [1.165, 1.54) is 6.33 Å². The molecule has 3 aromatic rings. The lowest BCUT2D eigenvalue weighted by Gasteiger charge is -2.04. The monoisotopic (exact) mass is 318 g/mol. The topological polar surface area (TPSA) is 113 Å². The quantitative estimate of drug-likeness (QED) is 0.779. The van der Waals surface area contributed by atoms with E-state index in [1.54, 1.807) is 18.3 Å². The zero-order chi connectivity index (χ0) is 15.5. The van der Waals surface area contributed by atoms with Crippen LogP contribution in [0.25, 0.3) is 23.0 Å². The predicted molar refractivity (Wildman–Crippen MR) is 79.1 cm³/mol.